The Morgan fingerprint density at radius 3 is 2.16 bits per heavy atom. The maximum Gasteiger partial charge on any atom is 0.336 e. The van der Waals surface area contributed by atoms with Gasteiger partial charge in [-0.25, -0.2) is 4.79 Å². The molecule has 0 spiro atoms. The Hall–Kier alpha value is -4.90. The molecule has 296 valence electrons. The molecular formula is C40H49N3O12. The Morgan fingerprint density at radius 2 is 1.53 bits per heavy atom. The molecule has 0 aromatic heterocycles. The Bertz CT molecular complexity index is 1860. The smallest absolute Gasteiger partial charge is 0.336 e. The molecule has 2 aliphatic rings. The summed E-state index contributed by atoms with van der Waals surface area (Å²) >= 11 is 0. The number of hydrogen-bond acceptors (Lipinski definition) is 11. The number of carboxylic acid groups (broad SMARTS) is 1. The molecule has 1 unspecified atom stereocenters. The summed E-state index contributed by atoms with van der Waals surface area (Å²) in [4.78, 5) is 51.4. The van der Waals surface area contributed by atoms with Crippen molar-refractivity contribution in [3.63, 3.8) is 0 Å². The number of carbonyl (C=O) groups excluding carboxylic acids is 3. The lowest BCUT2D eigenvalue weighted by molar-refractivity contribution is -0.236. The van der Waals surface area contributed by atoms with E-state index in [9.17, 15) is 44.7 Å². The van der Waals surface area contributed by atoms with Crippen molar-refractivity contribution in [1.29, 1.82) is 0 Å². The topological polar surface area (TPSA) is 233 Å². The molecule has 5 rings (SSSR count). The maximum atomic E-state index is 13.2. The second kappa shape index (κ2) is 16.9. The van der Waals surface area contributed by atoms with Crippen LogP contribution in [0.5, 0.6) is 5.75 Å². The number of ether oxygens (including phenoxy) is 3. The third-order valence-electron chi connectivity index (χ3n) is 9.87. The summed E-state index contributed by atoms with van der Waals surface area (Å²) in [6.07, 6.45) is -9.82. The van der Waals surface area contributed by atoms with Crippen LogP contribution >= 0.6 is 0 Å². The van der Waals surface area contributed by atoms with E-state index in [0.717, 1.165) is 5.56 Å². The molecule has 0 bridgehead atoms. The number of hydrogen-bond donors (Lipinski definition) is 8. The van der Waals surface area contributed by atoms with E-state index in [0.29, 0.717) is 28.8 Å². The van der Waals surface area contributed by atoms with Gasteiger partial charge in [0.1, 0.15) is 24.1 Å². The van der Waals surface area contributed by atoms with Crippen molar-refractivity contribution in [3.05, 3.63) is 100 Å². The van der Waals surface area contributed by atoms with E-state index in [1.165, 1.54) is 19.1 Å². The van der Waals surface area contributed by atoms with Gasteiger partial charge in [-0.3, -0.25) is 14.4 Å². The third kappa shape index (κ3) is 9.68. The molecule has 55 heavy (non-hydrogen) atoms. The third-order valence-corrected chi connectivity index (χ3v) is 9.87. The first kappa shape index (κ1) is 41.3. The summed E-state index contributed by atoms with van der Waals surface area (Å²) in [5, 5.41) is 62.5. The molecule has 2 aliphatic heterocycles. The lowest BCUT2D eigenvalue weighted by Crippen LogP contribution is -2.68. The second-order valence-electron chi connectivity index (χ2n) is 14.7. The van der Waals surface area contributed by atoms with E-state index < -0.39 is 91.2 Å². The number of aliphatic carboxylic acids is 1. The van der Waals surface area contributed by atoms with E-state index >= 15 is 0 Å². The van der Waals surface area contributed by atoms with Gasteiger partial charge in [0.15, 0.2) is 11.4 Å². The molecule has 2 fully saturated rings. The second-order valence-corrected chi connectivity index (χ2v) is 14.7. The number of phenolic OH excluding ortho intramolecular Hbond substituents is 1. The van der Waals surface area contributed by atoms with Gasteiger partial charge in [0, 0.05) is 44.0 Å². The van der Waals surface area contributed by atoms with Crippen molar-refractivity contribution in [2.24, 2.45) is 0 Å². The van der Waals surface area contributed by atoms with Crippen molar-refractivity contribution in [2.45, 2.75) is 108 Å². The first-order valence-electron chi connectivity index (χ1n) is 18.0. The highest BCUT2D eigenvalue weighted by Gasteiger charge is 2.57. The average molecular weight is 764 g/mol. The molecule has 3 amide bonds. The molecule has 2 saturated heterocycles. The summed E-state index contributed by atoms with van der Waals surface area (Å²) in [6.45, 7) is 7.48. The van der Waals surface area contributed by atoms with E-state index in [4.69, 9.17) is 14.2 Å². The summed E-state index contributed by atoms with van der Waals surface area (Å²) in [7, 11) is 0. The highest BCUT2D eigenvalue weighted by molar-refractivity contribution is 5.95. The van der Waals surface area contributed by atoms with E-state index in [1.54, 1.807) is 52.0 Å². The molecule has 0 radical (unpaired) electrons. The van der Waals surface area contributed by atoms with Crippen LogP contribution in [0.4, 0.5) is 0 Å². The molecule has 15 heteroatoms. The van der Waals surface area contributed by atoms with Crippen LogP contribution in [0.1, 0.15) is 82.7 Å². The molecule has 15 nitrogen and oxygen atoms in total. The van der Waals surface area contributed by atoms with Gasteiger partial charge >= 0.3 is 5.97 Å². The fourth-order valence-corrected chi connectivity index (χ4v) is 7.17. The minimum absolute atomic E-state index is 0.0332. The number of amides is 3. The van der Waals surface area contributed by atoms with Crippen molar-refractivity contribution in [3.8, 4) is 5.75 Å². The predicted molar refractivity (Wildman–Crippen MR) is 197 cm³/mol. The molecule has 2 heterocycles. The van der Waals surface area contributed by atoms with Gasteiger partial charge in [-0.15, -0.1) is 0 Å². The Labute approximate surface area is 318 Å². The SMILES string of the molecule is CC(=O)N[C@H]1[C@H]([C@H](O)[C@H](O)CNC(=O)c2cc(C)c(O)c(C)c2)O[C@@](CC2OC(C)(C)O[C@@H]2c2cccc(C(=O)NCc3ccccc3)c2)(C(=O)O)C[C@@H]1O. The number of benzene rings is 3. The molecule has 3 aromatic rings. The maximum absolute atomic E-state index is 13.2. The molecule has 8 atom stereocenters. The zero-order chi connectivity index (χ0) is 40.2. The number of aryl methyl sites for hydroxylation is 2. The molecule has 0 saturated carbocycles. The number of phenols is 1. The number of aliphatic hydroxyl groups excluding tert-OH is 3. The van der Waals surface area contributed by atoms with E-state index in [2.05, 4.69) is 16.0 Å². The van der Waals surface area contributed by atoms with E-state index in [1.807, 2.05) is 30.3 Å². The molecule has 8 N–H and O–H groups in total. The Morgan fingerprint density at radius 1 is 0.873 bits per heavy atom. The van der Waals surface area contributed by atoms with Crippen LogP contribution in [-0.2, 0) is 30.3 Å². The number of carboxylic acids is 1. The number of aromatic hydroxyl groups is 1. The lowest BCUT2D eigenvalue weighted by atomic mass is 9.79. The van der Waals surface area contributed by atoms with Crippen molar-refractivity contribution < 1.29 is 58.9 Å². The minimum Gasteiger partial charge on any atom is -0.507 e. The van der Waals surface area contributed by atoms with Gasteiger partial charge in [0.25, 0.3) is 11.8 Å². The van der Waals surface area contributed by atoms with Gasteiger partial charge in [0.2, 0.25) is 5.91 Å². The number of rotatable bonds is 13. The summed E-state index contributed by atoms with van der Waals surface area (Å²) < 4.78 is 18.6. The molecule has 3 aromatic carbocycles. The van der Waals surface area contributed by atoms with E-state index in [-0.39, 0.29) is 17.2 Å². The van der Waals surface area contributed by atoms with Gasteiger partial charge in [-0.1, -0.05) is 42.5 Å². The summed E-state index contributed by atoms with van der Waals surface area (Å²) in [5.41, 5.74) is 0.621. The minimum atomic E-state index is -2.23. The quantitative estimate of drug-likeness (QED) is 0.125. The number of nitrogens with one attached hydrogen (secondary N) is 3. The molecular weight excluding hydrogens is 714 g/mol. The molecule has 0 aliphatic carbocycles. The van der Waals surface area contributed by atoms with Gasteiger partial charge in [-0.2, -0.15) is 0 Å². The zero-order valence-electron chi connectivity index (χ0n) is 31.3. The van der Waals surface area contributed by atoms with Gasteiger partial charge in [0.05, 0.1) is 24.4 Å². The first-order valence-corrected chi connectivity index (χ1v) is 18.0. The largest absolute Gasteiger partial charge is 0.507 e. The fraction of sp³-hybridized carbons (Fsp3) is 0.450. The Balaban J connectivity index is 1.37. The predicted octanol–water partition coefficient (Wildman–Crippen LogP) is 2.15. The summed E-state index contributed by atoms with van der Waals surface area (Å²) in [5.74, 6) is -4.27. The van der Waals surface area contributed by atoms with Crippen LogP contribution in [0.15, 0.2) is 66.7 Å². The monoisotopic (exact) mass is 763 g/mol. The lowest BCUT2D eigenvalue weighted by Gasteiger charge is -2.48. The number of aliphatic hydroxyl groups is 3. The first-order chi connectivity index (χ1) is 25.9. The average Bonchev–Trinajstić information content (AvgIpc) is 3.45. The zero-order valence-corrected chi connectivity index (χ0v) is 31.3. The van der Waals surface area contributed by atoms with Crippen molar-refractivity contribution in [2.75, 3.05) is 6.54 Å². The van der Waals surface area contributed by atoms with Crippen molar-refractivity contribution in [1.82, 2.24) is 16.0 Å². The Kier molecular flexibility index (Phi) is 12.6. The van der Waals surface area contributed by atoms with Gasteiger partial charge in [-0.05, 0) is 74.2 Å². The normalized spacial score (nSPS) is 25.7. The van der Waals surface area contributed by atoms with Crippen molar-refractivity contribution >= 4 is 23.7 Å². The van der Waals surface area contributed by atoms with Crippen LogP contribution in [0, 0.1) is 13.8 Å². The fourth-order valence-electron chi connectivity index (χ4n) is 7.17. The van der Waals surface area contributed by atoms with Crippen LogP contribution < -0.4 is 16.0 Å². The van der Waals surface area contributed by atoms with Crippen LogP contribution in [0.3, 0.4) is 0 Å². The van der Waals surface area contributed by atoms with Gasteiger partial charge < -0.3 is 55.7 Å². The highest BCUT2D eigenvalue weighted by atomic mass is 16.8. The standard InChI is InChI=1S/C40H49N3O12/c1-21-14-27(15-22(2)32(21)47)37(50)42-20-29(46)33(48)35-31(43-23(3)44)28(45)17-40(55-35,38(51)52)18-30-34(54-39(4,5)53-30)25-12-9-13-26(16-25)36(49)41-19-24-10-7-6-8-11-24/h6-16,28-31,33-35,45-48H,17-20H2,1-5H3,(H,41,49)(H,42,50)(H,43,44)(H,51,52)/t28-,29+,30?,31+,33+,34+,35+,40-/m0/s1. The van der Waals surface area contributed by atoms with Crippen LogP contribution in [0.25, 0.3) is 0 Å². The van der Waals surface area contributed by atoms with Crippen LogP contribution in [-0.4, -0.2) is 104 Å². The van der Waals surface area contributed by atoms with Crippen LogP contribution in [0.2, 0.25) is 0 Å². The number of carbonyl (C=O) groups is 4. The highest BCUT2D eigenvalue weighted by Crippen LogP contribution is 2.45. The summed E-state index contributed by atoms with van der Waals surface area (Å²) in [6, 6.07) is 17.6.